The van der Waals surface area contributed by atoms with Gasteiger partial charge in [-0.05, 0) is 56.5 Å². The van der Waals surface area contributed by atoms with Crippen LogP contribution in [0, 0.1) is 0 Å². The number of nitrogens with one attached hydrogen (secondary N) is 3. The van der Waals surface area contributed by atoms with Gasteiger partial charge in [-0.1, -0.05) is 25.4 Å². The first kappa shape index (κ1) is 22.5. The van der Waals surface area contributed by atoms with Crippen molar-refractivity contribution >= 4 is 34.5 Å². The molecule has 1 aliphatic carbocycles. The molecule has 1 amide bonds. The fourth-order valence-electron chi connectivity index (χ4n) is 4.38. The van der Waals surface area contributed by atoms with Crippen LogP contribution in [0.4, 0.5) is 5.82 Å². The number of rotatable bonds is 8. The first-order chi connectivity index (χ1) is 15.6. The molecule has 1 fully saturated rings. The van der Waals surface area contributed by atoms with Gasteiger partial charge in [-0.3, -0.25) is 14.7 Å². The van der Waals surface area contributed by atoms with Crippen molar-refractivity contribution in [3.8, 4) is 11.1 Å². The lowest BCUT2D eigenvalue weighted by molar-refractivity contribution is -0.123. The standard InChI is InChI=1S/C23H30ClN7O/c1-3-31(4-2)14-21(32)29-17-7-5-6-16(12-17)28-20-11-15(10-19(24)30-20)18-13-27-23-22(18)25-8-9-26-23/h8-11,13,16-17H,3-7,12,14H2,1-2H3,(H,26,27)(H,28,30)(H,29,32). The van der Waals surface area contributed by atoms with Crippen molar-refractivity contribution in [1.29, 1.82) is 0 Å². The highest BCUT2D eigenvalue weighted by Crippen LogP contribution is 2.30. The van der Waals surface area contributed by atoms with Crippen LogP contribution >= 0.6 is 11.6 Å². The SMILES string of the molecule is CCN(CC)CC(=O)NC1CCCC(Nc2cc(-c3c[nH]c4nccnc34)cc(Cl)n2)C1. The maximum Gasteiger partial charge on any atom is 0.234 e. The second-order valence-electron chi connectivity index (χ2n) is 8.25. The molecule has 9 heteroatoms. The second kappa shape index (κ2) is 10.3. The number of halogens is 1. The number of anilines is 1. The van der Waals surface area contributed by atoms with E-state index in [1.54, 1.807) is 12.4 Å². The van der Waals surface area contributed by atoms with Crippen molar-refractivity contribution in [2.45, 2.75) is 51.6 Å². The molecule has 170 valence electrons. The summed E-state index contributed by atoms with van der Waals surface area (Å²) >= 11 is 6.35. The fourth-order valence-corrected chi connectivity index (χ4v) is 4.59. The Morgan fingerprint density at radius 2 is 1.97 bits per heavy atom. The summed E-state index contributed by atoms with van der Waals surface area (Å²) in [6, 6.07) is 4.23. The topological polar surface area (TPSA) is 98.8 Å². The number of pyridine rings is 1. The third-order valence-corrected chi connectivity index (χ3v) is 6.26. The lowest BCUT2D eigenvalue weighted by Gasteiger charge is -2.31. The van der Waals surface area contributed by atoms with Crippen LogP contribution in [0.15, 0.2) is 30.7 Å². The number of amides is 1. The van der Waals surface area contributed by atoms with Gasteiger partial charge >= 0.3 is 0 Å². The zero-order chi connectivity index (χ0) is 22.5. The fraction of sp³-hybridized carbons (Fsp3) is 0.478. The number of carbonyl (C=O) groups is 1. The number of fused-ring (bicyclic) bond motifs is 1. The van der Waals surface area contributed by atoms with Crippen molar-refractivity contribution in [2.24, 2.45) is 0 Å². The molecule has 3 N–H and O–H groups in total. The third-order valence-electron chi connectivity index (χ3n) is 6.06. The van der Waals surface area contributed by atoms with E-state index >= 15 is 0 Å². The smallest absolute Gasteiger partial charge is 0.234 e. The van der Waals surface area contributed by atoms with Crippen LogP contribution in [0.25, 0.3) is 22.3 Å². The number of nitrogens with zero attached hydrogens (tertiary/aromatic N) is 4. The summed E-state index contributed by atoms with van der Waals surface area (Å²) in [5.41, 5.74) is 3.40. The Morgan fingerprint density at radius 1 is 1.19 bits per heavy atom. The summed E-state index contributed by atoms with van der Waals surface area (Å²) in [5.74, 6) is 0.828. The zero-order valence-electron chi connectivity index (χ0n) is 18.6. The van der Waals surface area contributed by atoms with Crippen LogP contribution in [0.2, 0.25) is 5.15 Å². The monoisotopic (exact) mass is 455 g/mol. The molecular weight excluding hydrogens is 426 g/mol. The molecule has 0 saturated heterocycles. The molecule has 2 atom stereocenters. The van der Waals surface area contributed by atoms with Crippen LogP contribution in [0.5, 0.6) is 0 Å². The number of hydrogen-bond acceptors (Lipinski definition) is 6. The van der Waals surface area contributed by atoms with Crippen LogP contribution in [0.1, 0.15) is 39.5 Å². The van der Waals surface area contributed by atoms with E-state index < -0.39 is 0 Å². The highest BCUT2D eigenvalue weighted by molar-refractivity contribution is 6.29. The molecule has 4 rings (SSSR count). The van der Waals surface area contributed by atoms with Crippen molar-refractivity contribution in [3.63, 3.8) is 0 Å². The summed E-state index contributed by atoms with van der Waals surface area (Å²) in [7, 11) is 0. The lowest BCUT2D eigenvalue weighted by Crippen LogP contribution is -2.45. The highest BCUT2D eigenvalue weighted by atomic mass is 35.5. The molecule has 3 heterocycles. The van der Waals surface area contributed by atoms with E-state index in [9.17, 15) is 4.79 Å². The van der Waals surface area contributed by atoms with Gasteiger partial charge < -0.3 is 15.6 Å². The van der Waals surface area contributed by atoms with E-state index in [0.717, 1.165) is 66.9 Å². The van der Waals surface area contributed by atoms with Gasteiger partial charge in [0.2, 0.25) is 5.91 Å². The van der Waals surface area contributed by atoms with Gasteiger partial charge in [0.25, 0.3) is 0 Å². The Morgan fingerprint density at radius 3 is 2.78 bits per heavy atom. The molecule has 8 nitrogen and oxygen atoms in total. The second-order valence-corrected chi connectivity index (χ2v) is 8.64. The van der Waals surface area contributed by atoms with Gasteiger partial charge in [0.15, 0.2) is 5.65 Å². The van der Waals surface area contributed by atoms with E-state index in [1.807, 2.05) is 18.3 Å². The number of H-pyrrole nitrogens is 1. The van der Waals surface area contributed by atoms with E-state index in [0.29, 0.717) is 11.7 Å². The number of aromatic amines is 1. The predicted molar refractivity (Wildman–Crippen MR) is 128 cm³/mol. The Balaban J connectivity index is 1.43. The van der Waals surface area contributed by atoms with E-state index in [-0.39, 0.29) is 18.0 Å². The molecule has 1 saturated carbocycles. The quantitative estimate of drug-likeness (QED) is 0.446. The average molecular weight is 456 g/mol. The summed E-state index contributed by atoms with van der Waals surface area (Å²) in [5, 5.41) is 7.17. The van der Waals surface area contributed by atoms with Gasteiger partial charge in [-0.25, -0.2) is 9.97 Å². The molecule has 3 aromatic heterocycles. The molecule has 0 aliphatic heterocycles. The van der Waals surface area contributed by atoms with Gasteiger partial charge in [0, 0.05) is 36.2 Å². The van der Waals surface area contributed by atoms with E-state index in [4.69, 9.17) is 11.6 Å². The highest BCUT2D eigenvalue weighted by Gasteiger charge is 2.24. The average Bonchev–Trinajstić information content (AvgIpc) is 3.21. The van der Waals surface area contributed by atoms with E-state index in [2.05, 4.69) is 49.3 Å². The minimum atomic E-state index is 0.1000. The summed E-state index contributed by atoms with van der Waals surface area (Å²) in [6.45, 7) is 6.36. The Bertz CT molecular complexity index is 1070. The minimum Gasteiger partial charge on any atom is -0.367 e. The molecule has 3 aromatic rings. The maximum absolute atomic E-state index is 12.4. The van der Waals surface area contributed by atoms with Gasteiger partial charge in [-0.15, -0.1) is 0 Å². The van der Waals surface area contributed by atoms with Gasteiger partial charge in [-0.2, -0.15) is 0 Å². The third kappa shape index (κ3) is 5.37. The van der Waals surface area contributed by atoms with Crippen LogP contribution in [-0.4, -0.2) is 62.5 Å². The number of likely N-dealkylation sites (N-methyl/N-ethyl adjacent to an activating group) is 1. The number of aromatic nitrogens is 4. The first-order valence-electron chi connectivity index (χ1n) is 11.3. The Hall–Kier alpha value is -2.71. The molecule has 1 aliphatic rings. The number of hydrogen-bond donors (Lipinski definition) is 3. The normalized spacial score (nSPS) is 18.8. The van der Waals surface area contributed by atoms with Crippen LogP contribution < -0.4 is 10.6 Å². The number of carbonyl (C=O) groups excluding carboxylic acids is 1. The molecule has 0 bridgehead atoms. The molecule has 0 spiro atoms. The van der Waals surface area contributed by atoms with Crippen molar-refractivity contribution < 1.29 is 4.79 Å². The van der Waals surface area contributed by atoms with Crippen LogP contribution in [-0.2, 0) is 4.79 Å². The molecule has 32 heavy (non-hydrogen) atoms. The Kier molecular flexibility index (Phi) is 7.22. The molecule has 2 unspecified atom stereocenters. The molecule has 0 radical (unpaired) electrons. The predicted octanol–water partition coefficient (Wildman–Crippen LogP) is 3.85. The van der Waals surface area contributed by atoms with Crippen molar-refractivity contribution in [2.75, 3.05) is 25.0 Å². The molecule has 0 aromatic carbocycles. The van der Waals surface area contributed by atoms with Gasteiger partial charge in [0.1, 0.15) is 16.5 Å². The zero-order valence-corrected chi connectivity index (χ0v) is 19.3. The van der Waals surface area contributed by atoms with E-state index in [1.165, 1.54) is 0 Å². The Labute approximate surface area is 193 Å². The first-order valence-corrected chi connectivity index (χ1v) is 11.7. The lowest BCUT2D eigenvalue weighted by atomic mass is 9.91. The van der Waals surface area contributed by atoms with Gasteiger partial charge in [0.05, 0.1) is 6.54 Å². The largest absolute Gasteiger partial charge is 0.367 e. The summed E-state index contributed by atoms with van der Waals surface area (Å²) in [4.78, 5) is 30.9. The summed E-state index contributed by atoms with van der Waals surface area (Å²) in [6.07, 6.45) is 9.19. The van der Waals surface area contributed by atoms with Crippen molar-refractivity contribution in [3.05, 3.63) is 35.9 Å². The molecular formula is C23H30ClN7O. The van der Waals surface area contributed by atoms with Crippen LogP contribution in [0.3, 0.4) is 0 Å². The summed E-state index contributed by atoms with van der Waals surface area (Å²) < 4.78 is 0. The minimum absolute atomic E-state index is 0.1000. The van der Waals surface area contributed by atoms with Crippen molar-refractivity contribution in [1.82, 2.24) is 30.2 Å². The maximum atomic E-state index is 12.4.